The second-order valence-corrected chi connectivity index (χ2v) is 2.96. The van der Waals surface area contributed by atoms with Crippen molar-refractivity contribution in [3.63, 3.8) is 0 Å². The maximum absolute atomic E-state index is 4.33. The number of hydrogen-bond acceptors (Lipinski definition) is 1. The highest BCUT2D eigenvalue weighted by Crippen LogP contribution is 2.04. The molecule has 0 bridgehead atoms. The van der Waals surface area contributed by atoms with Crippen LogP contribution in [-0.2, 0) is 0 Å². The van der Waals surface area contributed by atoms with Crippen molar-refractivity contribution in [2.45, 2.75) is 19.8 Å². The molecule has 2 rings (SSSR count). The molecule has 1 heterocycles. The molecule has 1 nitrogen and oxygen atoms in total. The average molecular weight is 145 g/mol. The van der Waals surface area contributed by atoms with E-state index in [9.17, 15) is 0 Å². The third-order valence-electron chi connectivity index (χ3n) is 2.13. The highest BCUT2D eigenvalue weighted by atomic mass is 14.6. The Hall–Kier alpha value is -1.11. The van der Waals surface area contributed by atoms with Gasteiger partial charge in [-0.2, -0.15) is 0 Å². The van der Waals surface area contributed by atoms with E-state index in [0.717, 1.165) is 0 Å². The lowest BCUT2D eigenvalue weighted by atomic mass is 10.1. The summed E-state index contributed by atoms with van der Waals surface area (Å²) in [4.78, 5) is 4.33. The van der Waals surface area contributed by atoms with E-state index >= 15 is 0 Å². The number of pyridine rings is 1. The van der Waals surface area contributed by atoms with E-state index in [1.807, 2.05) is 12.3 Å². The van der Waals surface area contributed by atoms with Crippen LogP contribution in [0.15, 0.2) is 18.3 Å². The van der Waals surface area contributed by atoms with Gasteiger partial charge in [0.2, 0.25) is 0 Å². The Kier molecular flexibility index (Phi) is 1.50. The van der Waals surface area contributed by atoms with Crippen LogP contribution >= 0.6 is 0 Å². The molecule has 0 aromatic carbocycles. The number of hydrogen-bond donors (Lipinski definition) is 0. The van der Waals surface area contributed by atoms with Gasteiger partial charge in [-0.3, -0.25) is 4.98 Å². The highest BCUT2D eigenvalue weighted by Gasteiger charge is 1.98. The van der Waals surface area contributed by atoms with Crippen molar-refractivity contribution in [2.75, 3.05) is 0 Å². The van der Waals surface area contributed by atoms with Crippen molar-refractivity contribution in [1.82, 2.24) is 4.98 Å². The molecule has 56 valence electrons. The summed E-state index contributed by atoms with van der Waals surface area (Å²) in [6, 6.07) is 4.12. The van der Waals surface area contributed by atoms with Gasteiger partial charge < -0.3 is 0 Å². The Bertz CT molecular complexity index is 376. The molecule has 0 spiro atoms. The van der Waals surface area contributed by atoms with Crippen LogP contribution < -0.4 is 10.6 Å². The minimum absolute atomic E-state index is 1.17. The molecular formula is C10H11N. The lowest BCUT2D eigenvalue weighted by Crippen LogP contribution is -2.31. The number of fused-ring (bicyclic) bond motifs is 1. The molecule has 0 amide bonds. The van der Waals surface area contributed by atoms with E-state index in [4.69, 9.17) is 0 Å². The number of nitrogens with zero attached hydrogens (tertiary/aromatic N) is 1. The van der Waals surface area contributed by atoms with Crippen molar-refractivity contribution in [1.29, 1.82) is 0 Å². The molecule has 0 fully saturated rings. The second kappa shape index (κ2) is 2.50. The van der Waals surface area contributed by atoms with Crippen molar-refractivity contribution in [3.05, 3.63) is 28.9 Å². The lowest BCUT2D eigenvalue weighted by molar-refractivity contribution is 1.03. The fourth-order valence-corrected chi connectivity index (χ4v) is 1.50. The third-order valence-corrected chi connectivity index (χ3v) is 2.13. The summed E-state index contributed by atoms with van der Waals surface area (Å²) in [5.41, 5.74) is 1.42. The van der Waals surface area contributed by atoms with Gasteiger partial charge in [-0.05, 0) is 36.6 Å². The maximum Gasteiger partial charge on any atom is 0.0688 e. The van der Waals surface area contributed by atoms with E-state index in [0.29, 0.717) is 0 Å². The van der Waals surface area contributed by atoms with Crippen LogP contribution in [0.3, 0.4) is 0 Å². The molecule has 0 N–H and O–H groups in total. The van der Waals surface area contributed by atoms with Crippen molar-refractivity contribution < 1.29 is 0 Å². The first-order valence-corrected chi connectivity index (χ1v) is 3.99. The molecule has 1 aliphatic carbocycles. The standard InChI is InChI=1S/C10H11N/c1-8-4-2-5-9-6-3-7-11-10(8)9/h3,5-7H,2,4H2,1H3. The molecule has 0 unspecified atom stereocenters. The predicted molar refractivity (Wildman–Crippen MR) is 46.3 cm³/mol. The van der Waals surface area contributed by atoms with Crippen molar-refractivity contribution >= 4 is 11.6 Å². The Morgan fingerprint density at radius 2 is 2.36 bits per heavy atom. The number of aromatic nitrogens is 1. The fraction of sp³-hybridized carbons (Fsp3) is 0.300. The maximum atomic E-state index is 4.33. The summed E-state index contributed by atoms with van der Waals surface area (Å²) in [5.74, 6) is 0. The summed E-state index contributed by atoms with van der Waals surface area (Å²) in [5, 5.41) is 2.50. The van der Waals surface area contributed by atoms with E-state index in [1.54, 1.807) is 0 Å². The van der Waals surface area contributed by atoms with Crippen LogP contribution in [0.4, 0.5) is 0 Å². The molecule has 1 heteroatoms. The highest BCUT2D eigenvalue weighted by molar-refractivity contribution is 5.46. The van der Waals surface area contributed by atoms with Crippen molar-refractivity contribution in [3.8, 4) is 0 Å². The van der Waals surface area contributed by atoms with Gasteiger partial charge in [0.15, 0.2) is 0 Å². The van der Waals surface area contributed by atoms with Gasteiger partial charge in [-0.25, -0.2) is 0 Å². The molecule has 0 aliphatic heterocycles. The van der Waals surface area contributed by atoms with Crippen molar-refractivity contribution in [2.24, 2.45) is 0 Å². The van der Waals surface area contributed by atoms with Crippen LogP contribution in [0.5, 0.6) is 0 Å². The zero-order valence-electron chi connectivity index (χ0n) is 6.67. The van der Waals surface area contributed by atoms with E-state index in [1.165, 1.54) is 29.0 Å². The van der Waals surface area contributed by atoms with Crippen LogP contribution in [-0.4, -0.2) is 4.98 Å². The van der Waals surface area contributed by atoms with Gasteiger partial charge in [0.1, 0.15) is 0 Å². The average Bonchev–Trinajstić information content (AvgIpc) is 2.06. The molecule has 1 aromatic rings. The molecule has 11 heavy (non-hydrogen) atoms. The van der Waals surface area contributed by atoms with E-state index < -0.39 is 0 Å². The van der Waals surface area contributed by atoms with Gasteiger partial charge in [0.05, 0.1) is 5.35 Å². The Morgan fingerprint density at radius 1 is 1.45 bits per heavy atom. The Morgan fingerprint density at radius 3 is 3.18 bits per heavy atom. The SMILES string of the molecule is CC1=c2ncccc2=CCC1. The van der Waals surface area contributed by atoms with Crippen LogP contribution in [0.2, 0.25) is 0 Å². The summed E-state index contributed by atoms with van der Waals surface area (Å²) in [7, 11) is 0. The van der Waals surface area contributed by atoms with Gasteiger partial charge in [0.25, 0.3) is 0 Å². The second-order valence-electron chi connectivity index (χ2n) is 2.96. The largest absolute Gasteiger partial charge is 0.256 e. The summed E-state index contributed by atoms with van der Waals surface area (Å²) in [6.45, 7) is 2.17. The van der Waals surface area contributed by atoms with E-state index in [2.05, 4.69) is 24.1 Å². The lowest BCUT2D eigenvalue weighted by Gasteiger charge is -2.03. The molecule has 0 radical (unpaired) electrons. The minimum Gasteiger partial charge on any atom is -0.256 e. The smallest absolute Gasteiger partial charge is 0.0688 e. The first-order valence-electron chi connectivity index (χ1n) is 3.99. The van der Waals surface area contributed by atoms with Gasteiger partial charge in [-0.15, -0.1) is 0 Å². The predicted octanol–water partition coefficient (Wildman–Crippen LogP) is 0.827. The first-order chi connectivity index (χ1) is 5.38. The molecular weight excluding hydrogens is 134 g/mol. The molecule has 0 saturated heterocycles. The molecule has 1 aliphatic rings. The fourth-order valence-electron chi connectivity index (χ4n) is 1.50. The summed E-state index contributed by atoms with van der Waals surface area (Å²) in [6.07, 6.45) is 6.46. The minimum atomic E-state index is 1.17. The normalized spacial score (nSPS) is 15.5. The zero-order chi connectivity index (χ0) is 7.68. The Labute approximate surface area is 66.1 Å². The molecule has 0 atom stereocenters. The van der Waals surface area contributed by atoms with Gasteiger partial charge in [0, 0.05) is 6.20 Å². The molecule has 0 saturated carbocycles. The summed E-state index contributed by atoms with van der Waals surface area (Å²) < 4.78 is 0. The van der Waals surface area contributed by atoms with E-state index in [-0.39, 0.29) is 0 Å². The molecule has 1 aromatic heterocycles. The van der Waals surface area contributed by atoms with Gasteiger partial charge >= 0.3 is 0 Å². The van der Waals surface area contributed by atoms with Crippen LogP contribution in [0, 0.1) is 0 Å². The monoisotopic (exact) mass is 145 g/mol. The first kappa shape index (κ1) is 6.59. The topological polar surface area (TPSA) is 12.9 Å². The quantitative estimate of drug-likeness (QED) is 0.527. The van der Waals surface area contributed by atoms with Gasteiger partial charge in [-0.1, -0.05) is 12.1 Å². The van der Waals surface area contributed by atoms with Crippen LogP contribution in [0.25, 0.3) is 11.6 Å². The zero-order valence-corrected chi connectivity index (χ0v) is 6.67. The number of rotatable bonds is 0. The van der Waals surface area contributed by atoms with Crippen LogP contribution in [0.1, 0.15) is 19.8 Å². The Balaban J connectivity index is 2.89. The summed E-state index contributed by atoms with van der Waals surface area (Å²) >= 11 is 0. The third kappa shape index (κ3) is 1.07.